The van der Waals surface area contributed by atoms with E-state index in [0.717, 1.165) is 30.6 Å². The molecule has 0 aromatic carbocycles. The molecular formula is C14H15N3O2. The van der Waals surface area contributed by atoms with Gasteiger partial charge in [0.15, 0.2) is 5.69 Å². The summed E-state index contributed by atoms with van der Waals surface area (Å²) in [6, 6.07) is 3.75. The van der Waals surface area contributed by atoms with Crippen molar-refractivity contribution in [2.75, 3.05) is 0 Å². The Morgan fingerprint density at radius 3 is 3.05 bits per heavy atom. The number of pyridine rings is 1. The van der Waals surface area contributed by atoms with Gasteiger partial charge < -0.3 is 9.67 Å². The number of aromatic carboxylic acids is 1. The zero-order valence-electron chi connectivity index (χ0n) is 10.7. The summed E-state index contributed by atoms with van der Waals surface area (Å²) in [5.74, 6) is 0.305. The normalized spacial score (nSPS) is 18.1. The number of hydrogen-bond acceptors (Lipinski definition) is 3. The summed E-state index contributed by atoms with van der Waals surface area (Å²) in [6.45, 7) is 3.00. The lowest BCUT2D eigenvalue weighted by Crippen LogP contribution is -2.19. The molecule has 1 aliphatic rings. The third-order valence-electron chi connectivity index (χ3n) is 3.56. The quantitative estimate of drug-likeness (QED) is 0.895. The highest BCUT2D eigenvalue weighted by molar-refractivity contribution is 5.88. The van der Waals surface area contributed by atoms with E-state index in [0.29, 0.717) is 11.7 Å². The van der Waals surface area contributed by atoms with E-state index in [1.807, 2.05) is 16.7 Å². The molecule has 1 unspecified atom stereocenters. The van der Waals surface area contributed by atoms with E-state index in [2.05, 4.69) is 16.9 Å². The molecule has 2 aromatic rings. The van der Waals surface area contributed by atoms with Gasteiger partial charge in [0.2, 0.25) is 0 Å². The van der Waals surface area contributed by atoms with Gasteiger partial charge in [0.1, 0.15) is 5.82 Å². The Balaban J connectivity index is 2.17. The van der Waals surface area contributed by atoms with Gasteiger partial charge in [0.05, 0.1) is 5.69 Å². The maximum atomic E-state index is 11.3. The Morgan fingerprint density at radius 1 is 1.53 bits per heavy atom. The van der Waals surface area contributed by atoms with Crippen molar-refractivity contribution in [3.8, 4) is 11.4 Å². The molecule has 0 amide bonds. The monoisotopic (exact) mass is 257 g/mol. The molecule has 0 aliphatic carbocycles. The Bertz CT molecular complexity index is 619. The summed E-state index contributed by atoms with van der Waals surface area (Å²) in [5, 5.41) is 9.28. The molecule has 0 saturated carbocycles. The maximum Gasteiger partial charge on any atom is 0.356 e. The van der Waals surface area contributed by atoms with Crippen LogP contribution in [0.1, 0.15) is 29.5 Å². The van der Waals surface area contributed by atoms with Crippen LogP contribution in [0.5, 0.6) is 0 Å². The van der Waals surface area contributed by atoms with E-state index in [-0.39, 0.29) is 5.69 Å². The minimum atomic E-state index is -0.951. The second kappa shape index (κ2) is 4.50. The van der Waals surface area contributed by atoms with Gasteiger partial charge >= 0.3 is 5.97 Å². The molecule has 0 bridgehead atoms. The molecule has 0 fully saturated rings. The molecular weight excluding hydrogens is 242 g/mol. The molecule has 1 atom stereocenters. The smallest absolute Gasteiger partial charge is 0.356 e. The van der Waals surface area contributed by atoms with Gasteiger partial charge in [-0.3, -0.25) is 4.98 Å². The third-order valence-corrected chi connectivity index (χ3v) is 3.56. The van der Waals surface area contributed by atoms with Gasteiger partial charge in [-0.15, -0.1) is 0 Å². The number of carboxylic acids is 1. The third kappa shape index (κ3) is 2.01. The van der Waals surface area contributed by atoms with E-state index in [4.69, 9.17) is 0 Å². The Kier molecular flexibility index (Phi) is 2.81. The van der Waals surface area contributed by atoms with Crippen molar-refractivity contribution >= 4 is 5.97 Å². The summed E-state index contributed by atoms with van der Waals surface area (Å²) in [5.41, 5.74) is 1.89. The number of carbonyl (C=O) groups is 1. The summed E-state index contributed by atoms with van der Waals surface area (Å²) >= 11 is 0. The minimum Gasteiger partial charge on any atom is -0.476 e. The summed E-state index contributed by atoms with van der Waals surface area (Å²) in [7, 11) is 0. The van der Waals surface area contributed by atoms with Crippen molar-refractivity contribution in [2.24, 2.45) is 5.92 Å². The van der Waals surface area contributed by atoms with Crippen LogP contribution in [0.3, 0.4) is 0 Å². The number of nitrogens with zero attached hydrogens (tertiary/aromatic N) is 3. The van der Waals surface area contributed by atoms with Gasteiger partial charge in [-0.1, -0.05) is 6.92 Å². The van der Waals surface area contributed by atoms with Gasteiger partial charge in [-0.2, -0.15) is 0 Å². The maximum absolute atomic E-state index is 11.3. The van der Waals surface area contributed by atoms with Crippen molar-refractivity contribution in [1.29, 1.82) is 0 Å². The van der Waals surface area contributed by atoms with Crippen molar-refractivity contribution in [3.05, 3.63) is 35.9 Å². The molecule has 1 N–H and O–H groups in total. The standard InChI is InChI=1S/C14H15N3O2/c1-9-4-5-11-12(14(18)19)16-13(17(11)8-9)10-3-2-6-15-7-10/h2-3,6-7,9H,4-5,8H2,1H3,(H,18,19). The highest BCUT2D eigenvalue weighted by Gasteiger charge is 2.26. The second-order valence-electron chi connectivity index (χ2n) is 5.03. The van der Waals surface area contributed by atoms with Crippen molar-refractivity contribution in [3.63, 3.8) is 0 Å². The topological polar surface area (TPSA) is 68.0 Å². The van der Waals surface area contributed by atoms with Gasteiger partial charge in [0.25, 0.3) is 0 Å². The number of fused-ring (bicyclic) bond motifs is 1. The SMILES string of the molecule is CC1CCc2c(C(=O)O)nc(-c3cccnc3)n2C1. The molecule has 3 rings (SSSR count). The number of aromatic nitrogens is 3. The minimum absolute atomic E-state index is 0.186. The number of imidazole rings is 1. The van der Waals surface area contributed by atoms with E-state index < -0.39 is 5.97 Å². The lowest BCUT2D eigenvalue weighted by atomic mass is 9.99. The molecule has 3 heterocycles. The highest BCUT2D eigenvalue weighted by atomic mass is 16.4. The fourth-order valence-corrected chi connectivity index (χ4v) is 2.61. The van der Waals surface area contributed by atoms with Crippen LogP contribution >= 0.6 is 0 Å². The largest absolute Gasteiger partial charge is 0.476 e. The first-order chi connectivity index (χ1) is 9.16. The molecule has 0 radical (unpaired) electrons. The van der Waals surface area contributed by atoms with E-state index in [9.17, 15) is 9.90 Å². The average molecular weight is 257 g/mol. The number of carboxylic acid groups (broad SMARTS) is 1. The molecule has 5 nitrogen and oxygen atoms in total. The van der Waals surface area contributed by atoms with Crippen LogP contribution in [0.4, 0.5) is 0 Å². The molecule has 0 saturated heterocycles. The van der Waals surface area contributed by atoms with Crippen LogP contribution in [0.25, 0.3) is 11.4 Å². The van der Waals surface area contributed by atoms with Crippen LogP contribution in [-0.2, 0) is 13.0 Å². The van der Waals surface area contributed by atoms with Gasteiger partial charge in [-0.25, -0.2) is 9.78 Å². The molecule has 0 spiro atoms. The fourth-order valence-electron chi connectivity index (χ4n) is 2.61. The first-order valence-corrected chi connectivity index (χ1v) is 6.40. The van der Waals surface area contributed by atoms with E-state index in [1.165, 1.54) is 0 Å². The van der Waals surface area contributed by atoms with Gasteiger partial charge in [0, 0.05) is 24.5 Å². The van der Waals surface area contributed by atoms with Gasteiger partial charge in [-0.05, 0) is 30.9 Å². The van der Waals surface area contributed by atoms with E-state index >= 15 is 0 Å². The number of rotatable bonds is 2. The lowest BCUT2D eigenvalue weighted by molar-refractivity contribution is 0.0689. The van der Waals surface area contributed by atoms with Crippen LogP contribution in [0, 0.1) is 5.92 Å². The van der Waals surface area contributed by atoms with Crippen LogP contribution in [0.2, 0.25) is 0 Å². The summed E-state index contributed by atoms with van der Waals surface area (Å²) in [6.07, 6.45) is 5.21. The molecule has 1 aliphatic heterocycles. The Morgan fingerprint density at radius 2 is 2.37 bits per heavy atom. The molecule has 98 valence electrons. The van der Waals surface area contributed by atoms with E-state index in [1.54, 1.807) is 12.4 Å². The number of hydrogen-bond donors (Lipinski definition) is 1. The lowest BCUT2D eigenvalue weighted by Gasteiger charge is -2.22. The zero-order chi connectivity index (χ0) is 13.4. The first kappa shape index (κ1) is 11.9. The van der Waals surface area contributed by atoms with Crippen LogP contribution in [-0.4, -0.2) is 25.6 Å². The second-order valence-corrected chi connectivity index (χ2v) is 5.03. The summed E-state index contributed by atoms with van der Waals surface area (Å²) < 4.78 is 2.04. The zero-order valence-corrected chi connectivity index (χ0v) is 10.7. The average Bonchev–Trinajstić information content (AvgIpc) is 2.78. The molecule has 5 heteroatoms. The Labute approximate surface area is 110 Å². The molecule has 19 heavy (non-hydrogen) atoms. The summed E-state index contributed by atoms with van der Waals surface area (Å²) in [4.78, 5) is 19.7. The van der Waals surface area contributed by atoms with Crippen LogP contribution in [0.15, 0.2) is 24.5 Å². The molecule has 2 aromatic heterocycles. The van der Waals surface area contributed by atoms with Crippen molar-refractivity contribution in [2.45, 2.75) is 26.3 Å². The predicted molar refractivity (Wildman–Crippen MR) is 69.9 cm³/mol. The van der Waals surface area contributed by atoms with Crippen LogP contribution < -0.4 is 0 Å². The van der Waals surface area contributed by atoms with Crippen molar-refractivity contribution < 1.29 is 9.90 Å². The first-order valence-electron chi connectivity index (χ1n) is 6.40. The van der Waals surface area contributed by atoms with Crippen molar-refractivity contribution in [1.82, 2.24) is 14.5 Å². The highest BCUT2D eigenvalue weighted by Crippen LogP contribution is 2.29. The predicted octanol–water partition coefficient (Wildman–Crippen LogP) is 2.23. The fraction of sp³-hybridized carbons (Fsp3) is 0.357. The Hall–Kier alpha value is -2.17.